The van der Waals surface area contributed by atoms with Gasteiger partial charge in [-0.2, -0.15) is 4.98 Å². The van der Waals surface area contributed by atoms with Gasteiger partial charge in [-0.05, 0) is 61.1 Å². The summed E-state index contributed by atoms with van der Waals surface area (Å²) in [5.74, 6) is -0.762. The van der Waals surface area contributed by atoms with Crippen molar-refractivity contribution in [1.82, 2.24) is 15.3 Å². The molecule has 1 aromatic heterocycles. The van der Waals surface area contributed by atoms with E-state index in [4.69, 9.17) is 11.5 Å². The molecule has 2 atom stereocenters. The van der Waals surface area contributed by atoms with Crippen LogP contribution in [0, 0.1) is 0 Å². The summed E-state index contributed by atoms with van der Waals surface area (Å²) in [6, 6.07) is 14.3. The minimum absolute atomic E-state index is 0. The van der Waals surface area contributed by atoms with E-state index >= 15 is 0 Å². The Labute approximate surface area is 220 Å². The number of aliphatic hydroxyl groups excluding tert-OH is 2. The number of rotatable bonds is 12. The minimum atomic E-state index is -1.32. The molecular formula is C24H30N5NaO4. The maximum atomic E-state index is 10.4. The molecule has 0 aliphatic heterocycles. The molecule has 2 aromatic carbocycles. The number of carbonyl (C=O) groups excluding carboxylic acids is 1. The molecule has 0 radical (unpaired) electrons. The van der Waals surface area contributed by atoms with Crippen LogP contribution in [0.2, 0.25) is 0 Å². The fourth-order valence-electron chi connectivity index (χ4n) is 3.69. The number of aliphatic carboxylic acids is 1. The van der Waals surface area contributed by atoms with Gasteiger partial charge in [0.25, 0.3) is 0 Å². The largest absolute Gasteiger partial charge is 1.00 e. The second-order valence-corrected chi connectivity index (χ2v) is 8.22. The number of anilines is 2. The van der Waals surface area contributed by atoms with Gasteiger partial charge < -0.3 is 36.9 Å². The van der Waals surface area contributed by atoms with Crippen molar-refractivity contribution in [1.29, 1.82) is 0 Å². The van der Waals surface area contributed by atoms with Gasteiger partial charge in [-0.1, -0.05) is 30.3 Å². The fourth-order valence-corrected chi connectivity index (χ4v) is 3.69. The van der Waals surface area contributed by atoms with Crippen LogP contribution in [0.25, 0.3) is 10.9 Å². The third-order valence-electron chi connectivity index (χ3n) is 5.46. The molecule has 0 saturated carbocycles. The summed E-state index contributed by atoms with van der Waals surface area (Å²) in [5, 5.41) is 33.9. The molecule has 0 fully saturated rings. The Morgan fingerprint density at radius 1 is 0.971 bits per heavy atom. The number of fused-ring (bicyclic) bond motifs is 1. The predicted octanol–water partition coefficient (Wildman–Crippen LogP) is -2.68. The number of aromatic nitrogens is 2. The monoisotopic (exact) mass is 475 g/mol. The molecule has 0 unspecified atom stereocenters. The fraction of sp³-hybridized carbons (Fsp3) is 0.375. The molecule has 0 aliphatic carbocycles. The molecule has 0 aliphatic rings. The second-order valence-electron chi connectivity index (χ2n) is 8.22. The first-order valence-corrected chi connectivity index (χ1v) is 11.0. The summed E-state index contributed by atoms with van der Waals surface area (Å²) in [5.41, 5.74) is 15.8. The van der Waals surface area contributed by atoms with E-state index in [1.165, 1.54) is 5.56 Å². The molecule has 7 N–H and O–H groups in total. The number of nitrogens with one attached hydrogen (secondary N) is 1. The predicted molar refractivity (Wildman–Crippen MR) is 125 cm³/mol. The number of benzene rings is 2. The first-order chi connectivity index (χ1) is 15.8. The van der Waals surface area contributed by atoms with Gasteiger partial charge in [-0.15, -0.1) is 0 Å². The van der Waals surface area contributed by atoms with E-state index in [1.807, 2.05) is 18.2 Å². The number of hydrogen-bond donors (Lipinski definition) is 5. The topological polar surface area (TPSA) is 170 Å². The van der Waals surface area contributed by atoms with Crippen molar-refractivity contribution in [3.8, 4) is 0 Å². The second kappa shape index (κ2) is 13.6. The molecule has 0 bridgehead atoms. The number of carboxylic acid groups (broad SMARTS) is 1. The number of nitrogen functional groups attached to an aromatic ring is 2. The van der Waals surface area contributed by atoms with Gasteiger partial charge in [0.2, 0.25) is 5.95 Å². The van der Waals surface area contributed by atoms with Gasteiger partial charge in [0.05, 0.1) is 17.7 Å². The molecule has 176 valence electrons. The van der Waals surface area contributed by atoms with E-state index in [-0.39, 0.29) is 41.9 Å². The van der Waals surface area contributed by atoms with Crippen LogP contribution in [-0.4, -0.2) is 44.9 Å². The van der Waals surface area contributed by atoms with Gasteiger partial charge in [0, 0.05) is 24.3 Å². The normalized spacial score (nSPS) is 12.8. The Kier molecular flexibility index (Phi) is 11.2. The smallest absolute Gasteiger partial charge is 0.550 e. The van der Waals surface area contributed by atoms with Gasteiger partial charge in [0.1, 0.15) is 5.82 Å². The maximum Gasteiger partial charge on any atom is 1.00 e. The molecule has 0 saturated heterocycles. The quantitative estimate of drug-likeness (QED) is 0.138. The van der Waals surface area contributed by atoms with Crippen LogP contribution >= 0.6 is 0 Å². The van der Waals surface area contributed by atoms with E-state index in [0.717, 1.165) is 34.9 Å². The van der Waals surface area contributed by atoms with Crippen molar-refractivity contribution in [2.75, 3.05) is 18.0 Å². The molecule has 10 heteroatoms. The standard InChI is InChI=1S/C24H31N5O4.Na/c25-23-20-11-16(7-8-21(20)28-24(26)29-23)4-1-15-2-5-17(6-3-15)14-27-10-9-18(30)12-19(31)13-22(32)33;/h2-3,5-8,11,18-19,27,30-31H,1,4,9-10,12-14H2,(H,32,33)(H4,25,26,28,29);/q;+1/p-1/t18-,19-;/m1./s1. The van der Waals surface area contributed by atoms with Crippen LogP contribution in [0.15, 0.2) is 42.5 Å². The Bertz CT molecular complexity index is 1080. The number of carboxylic acids is 1. The SMILES string of the molecule is Nc1nc(N)c2cc(CCc3ccc(CNCC[C@@H](O)C[C@@H](O)CC(=O)[O-])cc3)ccc2n1.[Na+]. The Morgan fingerprint density at radius 2 is 1.62 bits per heavy atom. The van der Waals surface area contributed by atoms with Crippen molar-refractivity contribution in [2.45, 2.75) is 50.9 Å². The van der Waals surface area contributed by atoms with Crippen LogP contribution in [0.4, 0.5) is 11.8 Å². The first-order valence-electron chi connectivity index (χ1n) is 11.0. The number of nitrogens with two attached hydrogens (primary N) is 2. The molecule has 3 rings (SSSR count). The number of carbonyl (C=O) groups is 1. The molecule has 9 nitrogen and oxygen atoms in total. The summed E-state index contributed by atoms with van der Waals surface area (Å²) in [7, 11) is 0. The Balaban J connectivity index is 0.00000408. The van der Waals surface area contributed by atoms with Crippen LogP contribution in [0.1, 0.15) is 36.0 Å². The Hall–Kier alpha value is -2.27. The third kappa shape index (κ3) is 8.83. The number of nitrogens with zero attached hydrogens (tertiary/aromatic N) is 2. The molecule has 3 aromatic rings. The molecule has 0 amide bonds. The van der Waals surface area contributed by atoms with Crippen molar-refractivity contribution in [2.24, 2.45) is 0 Å². The van der Waals surface area contributed by atoms with Gasteiger partial charge in [0.15, 0.2) is 0 Å². The van der Waals surface area contributed by atoms with Crippen molar-refractivity contribution in [3.05, 3.63) is 59.2 Å². The van der Waals surface area contributed by atoms with Crippen molar-refractivity contribution < 1.29 is 49.7 Å². The number of hydrogen-bond acceptors (Lipinski definition) is 9. The minimum Gasteiger partial charge on any atom is -0.550 e. The first kappa shape index (κ1) is 28.0. The summed E-state index contributed by atoms with van der Waals surface area (Å²) >= 11 is 0. The Morgan fingerprint density at radius 3 is 2.32 bits per heavy atom. The molecule has 0 spiro atoms. The summed E-state index contributed by atoms with van der Waals surface area (Å²) in [6.45, 7) is 1.21. The van der Waals surface area contributed by atoms with Crippen LogP contribution < -0.4 is 51.4 Å². The summed E-state index contributed by atoms with van der Waals surface area (Å²) < 4.78 is 0. The van der Waals surface area contributed by atoms with E-state index in [0.29, 0.717) is 25.3 Å². The zero-order chi connectivity index (χ0) is 23.8. The van der Waals surface area contributed by atoms with Crippen molar-refractivity contribution >= 4 is 28.6 Å². The molecular weight excluding hydrogens is 445 g/mol. The van der Waals surface area contributed by atoms with E-state index in [1.54, 1.807) is 0 Å². The van der Waals surface area contributed by atoms with Crippen LogP contribution in [0.5, 0.6) is 0 Å². The van der Waals surface area contributed by atoms with Crippen LogP contribution in [0.3, 0.4) is 0 Å². The average Bonchev–Trinajstić information content (AvgIpc) is 2.75. The van der Waals surface area contributed by atoms with Gasteiger partial charge in [-0.25, -0.2) is 4.98 Å². The third-order valence-corrected chi connectivity index (χ3v) is 5.46. The molecule has 1 heterocycles. The van der Waals surface area contributed by atoms with Crippen LogP contribution in [-0.2, 0) is 24.2 Å². The number of aryl methyl sites for hydroxylation is 2. The van der Waals surface area contributed by atoms with E-state index in [2.05, 4.69) is 39.6 Å². The maximum absolute atomic E-state index is 10.4. The van der Waals surface area contributed by atoms with E-state index < -0.39 is 24.6 Å². The zero-order valence-corrected chi connectivity index (χ0v) is 21.4. The summed E-state index contributed by atoms with van der Waals surface area (Å²) in [6.07, 6.45) is -0.116. The van der Waals surface area contributed by atoms with Crippen molar-refractivity contribution in [3.63, 3.8) is 0 Å². The zero-order valence-electron chi connectivity index (χ0n) is 19.4. The summed E-state index contributed by atoms with van der Waals surface area (Å²) in [4.78, 5) is 18.7. The van der Waals surface area contributed by atoms with Gasteiger partial charge >= 0.3 is 29.6 Å². The van der Waals surface area contributed by atoms with Gasteiger partial charge in [-0.3, -0.25) is 0 Å². The number of aliphatic hydroxyl groups is 2. The van der Waals surface area contributed by atoms with E-state index in [9.17, 15) is 20.1 Å². The molecule has 34 heavy (non-hydrogen) atoms. The average molecular weight is 476 g/mol.